The first-order chi connectivity index (χ1) is 11.5. The summed E-state index contributed by atoms with van der Waals surface area (Å²) in [4.78, 5) is 14.3. The van der Waals surface area contributed by atoms with Gasteiger partial charge >= 0.3 is 0 Å². The second-order valence-corrected chi connectivity index (χ2v) is 6.12. The molecule has 0 saturated carbocycles. The van der Waals surface area contributed by atoms with E-state index in [2.05, 4.69) is 10.2 Å². The average Bonchev–Trinajstić information content (AvgIpc) is 3.00. The highest BCUT2D eigenvalue weighted by Gasteiger charge is 2.29. The Bertz CT molecular complexity index is 710. The molecule has 24 heavy (non-hydrogen) atoms. The van der Waals surface area contributed by atoms with E-state index in [1.165, 1.54) is 12.1 Å². The SMILES string of the molecule is CC(Oc1cccc(F)c1)C(=O)N1CCC(c2nncn2C)CC1. The van der Waals surface area contributed by atoms with Crippen LogP contribution in [0.3, 0.4) is 0 Å². The highest BCUT2D eigenvalue weighted by atomic mass is 19.1. The number of benzene rings is 1. The monoisotopic (exact) mass is 332 g/mol. The molecule has 0 bridgehead atoms. The summed E-state index contributed by atoms with van der Waals surface area (Å²) in [5.41, 5.74) is 0. The first-order valence-electron chi connectivity index (χ1n) is 8.09. The number of hydrogen-bond acceptors (Lipinski definition) is 4. The van der Waals surface area contributed by atoms with E-state index < -0.39 is 6.10 Å². The summed E-state index contributed by atoms with van der Waals surface area (Å²) in [6.07, 6.45) is 2.76. The Morgan fingerprint density at radius 2 is 2.12 bits per heavy atom. The lowest BCUT2D eigenvalue weighted by atomic mass is 9.95. The minimum atomic E-state index is -0.641. The van der Waals surface area contributed by atoms with E-state index in [0.29, 0.717) is 24.8 Å². The van der Waals surface area contributed by atoms with Crippen molar-refractivity contribution in [3.8, 4) is 5.75 Å². The summed E-state index contributed by atoms with van der Waals surface area (Å²) >= 11 is 0. The predicted octanol–water partition coefficient (Wildman–Crippen LogP) is 2.13. The number of carbonyl (C=O) groups excluding carboxylic acids is 1. The molecule has 0 radical (unpaired) electrons. The lowest BCUT2D eigenvalue weighted by Crippen LogP contribution is -2.44. The van der Waals surface area contributed by atoms with Gasteiger partial charge in [0.25, 0.3) is 5.91 Å². The number of amides is 1. The first kappa shape index (κ1) is 16.4. The maximum Gasteiger partial charge on any atom is 0.263 e. The van der Waals surface area contributed by atoms with Crippen molar-refractivity contribution in [1.82, 2.24) is 19.7 Å². The number of ether oxygens (including phenoxy) is 1. The van der Waals surface area contributed by atoms with Gasteiger partial charge in [-0.05, 0) is 31.9 Å². The summed E-state index contributed by atoms with van der Waals surface area (Å²) in [6, 6.07) is 5.84. The Labute approximate surface area is 140 Å². The maximum absolute atomic E-state index is 13.2. The minimum Gasteiger partial charge on any atom is -0.481 e. The number of carbonyl (C=O) groups is 1. The van der Waals surface area contributed by atoms with E-state index >= 15 is 0 Å². The molecule has 2 aromatic rings. The number of likely N-dealkylation sites (tertiary alicyclic amines) is 1. The van der Waals surface area contributed by atoms with Gasteiger partial charge in [0.05, 0.1) is 0 Å². The third-order valence-corrected chi connectivity index (χ3v) is 4.37. The van der Waals surface area contributed by atoms with E-state index in [1.54, 1.807) is 30.3 Å². The van der Waals surface area contributed by atoms with Crippen molar-refractivity contribution >= 4 is 5.91 Å². The molecular weight excluding hydrogens is 311 g/mol. The van der Waals surface area contributed by atoms with Crippen LogP contribution in [0.1, 0.15) is 31.5 Å². The normalized spacial score (nSPS) is 16.9. The van der Waals surface area contributed by atoms with Gasteiger partial charge in [-0.2, -0.15) is 0 Å². The van der Waals surface area contributed by atoms with Crippen molar-refractivity contribution < 1.29 is 13.9 Å². The number of piperidine rings is 1. The fourth-order valence-electron chi connectivity index (χ4n) is 3.07. The molecule has 2 heterocycles. The number of aromatic nitrogens is 3. The van der Waals surface area contributed by atoms with Crippen LogP contribution in [0, 0.1) is 5.82 Å². The average molecular weight is 332 g/mol. The van der Waals surface area contributed by atoms with Gasteiger partial charge in [-0.25, -0.2) is 4.39 Å². The van der Waals surface area contributed by atoms with Gasteiger partial charge in [0, 0.05) is 32.1 Å². The van der Waals surface area contributed by atoms with Crippen LogP contribution >= 0.6 is 0 Å². The topological polar surface area (TPSA) is 60.2 Å². The van der Waals surface area contributed by atoms with Crippen molar-refractivity contribution in [3.05, 3.63) is 42.2 Å². The number of halogens is 1. The summed E-state index contributed by atoms with van der Waals surface area (Å²) in [7, 11) is 1.93. The van der Waals surface area contributed by atoms with Crippen LogP contribution in [0.15, 0.2) is 30.6 Å². The molecule has 0 aliphatic carbocycles. The molecule has 128 valence electrons. The largest absolute Gasteiger partial charge is 0.481 e. The van der Waals surface area contributed by atoms with Gasteiger partial charge in [-0.15, -0.1) is 10.2 Å². The molecule has 1 aromatic heterocycles. The van der Waals surface area contributed by atoms with Gasteiger partial charge < -0.3 is 14.2 Å². The lowest BCUT2D eigenvalue weighted by molar-refractivity contribution is -0.139. The maximum atomic E-state index is 13.2. The van der Waals surface area contributed by atoms with Gasteiger partial charge in [-0.3, -0.25) is 4.79 Å². The highest BCUT2D eigenvalue weighted by molar-refractivity contribution is 5.81. The smallest absolute Gasteiger partial charge is 0.263 e. The van der Waals surface area contributed by atoms with Crippen LogP contribution in [0.2, 0.25) is 0 Å². The van der Waals surface area contributed by atoms with Crippen molar-refractivity contribution in [2.24, 2.45) is 7.05 Å². The molecule has 1 saturated heterocycles. The number of aryl methyl sites for hydroxylation is 1. The highest BCUT2D eigenvalue weighted by Crippen LogP contribution is 2.26. The zero-order valence-electron chi connectivity index (χ0n) is 13.9. The molecule has 1 aliphatic heterocycles. The molecule has 1 aromatic carbocycles. The predicted molar refractivity (Wildman–Crippen MR) is 86.0 cm³/mol. The second kappa shape index (κ2) is 6.98. The van der Waals surface area contributed by atoms with Gasteiger partial charge in [0.2, 0.25) is 0 Å². The van der Waals surface area contributed by atoms with Gasteiger partial charge in [0.15, 0.2) is 6.10 Å². The van der Waals surface area contributed by atoms with Crippen molar-refractivity contribution in [2.75, 3.05) is 13.1 Å². The van der Waals surface area contributed by atoms with E-state index in [1.807, 2.05) is 11.6 Å². The molecule has 3 rings (SSSR count). The summed E-state index contributed by atoms with van der Waals surface area (Å²) in [5, 5.41) is 8.07. The molecule has 1 atom stereocenters. The van der Waals surface area contributed by atoms with Gasteiger partial charge in [0.1, 0.15) is 23.7 Å². The quantitative estimate of drug-likeness (QED) is 0.860. The molecule has 1 amide bonds. The zero-order valence-corrected chi connectivity index (χ0v) is 13.9. The minimum absolute atomic E-state index is 0.0734. The van der Waals surface area contributed by atoms with E-state index in [0.717, 1.165) is 18.7 Å². The summed E-state index contributed by atoms with van der Waals surface area (Å²) < 4.78 is 20.7. The standard InChI is InChI=1S/C17H21FN4O2/c1-12(24-15-5-3-4-14(18)10-15)17(23)22-8-6-13(7-9-22)16-20-19-11-21(16)2/h3-5,10-13H,6-9H2,1-2H3. The Kier molecular flexibility index (Phi) is 4.78. The van der Waals surface area contributed by atoms with E-state index in [4.69, 9.17) is 4.74 Å². The number of rotatable bonds is 4. The molecule has 0 N–H and O–H groups in total. The number of nitrogens with zero attached hydrogens (tertiary/aromatic N) is 4. The third kappa shape index (κ3) is 3.55. The van der Waals surface area contributed by atoms with Crippen LogP contribution in [0.4, 0.5) is 4.39 Å². The van der Waals surface area contributed by atoms with Crippen molar-refractivity contribution in [1.29, 1.82) is 0 Å². The van der Waals surface area contributed by atoms with Crippen LogP contribution < -0.4 is 4.74 Å². The van der Waals surface area contributed by atoms with E-state index in [9.17, 15) is 9.18 Å². The Morgan fingerprint density at radius 3 is 2.75 bits per heavy atom. The van der Waals surface area contributed by atoms with Crippen LogP contribution in [-0.4, -0.2) is 44.8 Å². The molecular formula is C17H21FN4O2. The summed E-state index contributed by atoms with van der Waals surface area (Å²) in [5.74, 6) is 1.20. The Balaban J connectivity index is 1.55. The summed E-state index contributed by atoms with van der Waals surface area (Å²) in [6.45, 7) is 3.02. The van der Waals surface area contributed by atoms with Crippen molar-refractivity contribution in [2.45, 2.75) is 31.8 Å². The van der Waals surface area contributed by atoms with E-state index in [-0.39, 0.29) is 11.7 Å². The molecule has 1 fully saturated rings. The van der Waals surface area contributed by atoms with Gasteiger partial charge in [-0.1, -0.05) is 6.07 Å². The van der Waals surface area contributed by atoms with Crippen LogP contribution in [-0.2, 0) is 11.8 Å². The molecule has 6 nitrogen and oxygen atoms in total. The Hall–Kier alpha value is -2.44. The third-order valence-electron chi connectivity index (χ3n) is 4.37. The Morgan fingerprint density at radius 1 is 1.38 bits per heavy atom. The van der Waals surface area contributed by atoms with Crippen LogP contribution in [0.5, 0.6) is 5.75 Å². The molecule has 0 spiro atoms. The van der Waals surface area contributed by atoms with Crippen molar-refractivity contribution in [3.63, 3.8) is 0 Å². The number of hydrogen-bond donors (Lipinski definition) is 0. The second-order valence-electron chi connectivity index (χ2n) is 6.12. The lowest BCUT2D eigenvalue weighted by Gasteiger charge is -2.33. The fourth-order valence-corrected chi connectivity index (χ4v) is 3.07. The first-order valence-corrected chi connectivity index (χ1v) is 8.09. The van der Waals surface area contributed by atoms with Crippen LogP contribution in [0.25, 0.3) is 0 Å². The fraction of sp³-hybridized carbons (Fsp3) is 0.471. The molecule has 1 unspecified atom stereocenters. The zero-order chi connectivity index (χ0) is 17.1. The molecule has 1 aliphatic rings. The molecule has 7 heteroatoms.